The van der Waals surface area contributed by atoms with Crippen LogP contribution in [0.1, 0.15) is 12.2 Å². The molecule has 36 heavy (non-hydrogen) atoms. The third-order valence-corrected chi connectivity index (χ3v) is 7.28. The summed E-state index contributed by atoms with van der Waals surface area (Å²) in [6.07, 6.45) is 1.46. The van der Waals surface area contributed by atoms with Crippen LogP contribution < -0.4 is 10.0 Å². The number of nitrogens with zero attached hydrogens (tertiary/aromatic N) is 2. The molecule has 4 rings (SSSR count). The summed E-state index contributed by atoms with van der Waals surface area (Å²) in [6.45, 7) is 5.29. The van der Waals surface area contributed by atoms with E-state index < -0.39 is 14.9 Å². The number of ether oxygens (including phenoxy) is 1. The number of hydrogen-bond acceptors (Lipinski definition) is 8. The molecule has 1 saturated heterocycles. The van der Waals surface area contributed by atoms with Gasteiger partial charge in [0.25, 0.3) is 10.0 Å². The average Bonchev–Trinajstić information content (AvgIpc) is 3.36. The Morgan fingerprint density at radius 3 is 2.64 bits per heavy atom. The van der Waals surface area contributed by atoms with Crippen LogP contribution in [0, 0.1) is 11.3 Å². The second kappa shape index (κ2) is 12.2. The van der Waals surface area contributed by atoms with Crippen LogP contribution >= 0.6 is 0 Å². The van der Waals surface area contributed by atoms with E-state index in [0.29, 0.717) is 5.76 Å². The van der Waals surface area contributed by atoms with Crippen LogP contribution in [-0.4, -0.2) is 71.0 Å². The van der Waals surface area contributed by atoms with E-state index in [1.807, 2.05) is 18.2 Å². The van der Waals surface area contributed by atoms with Crippen LogP contribution in [0.3, 0.4) is 0 Å². The molecule has 3 N–H and O–H groups in total. The van der Waals surface area contributed by atoms with Crippen LogP contribution in [0.25, 0.3) is 28.2 Å². The summed E-state index contributed by atoms with van der Waals surface area (Å²) in [5.41, 5.74) is 1.91. The van der Waals surface area contributed by atoms with Gasteiger partial charge >= 0.3 is 0 Å². The van der Waals surface area contributed by atoms with E-state index >= 15 is 0 Å². The highest BCUT2D eigenvalue weighted by atomic mass is 32.2. The van der Waals surface area contributed by atoms with Crippen molar-refractivity contribution in [1.29, 1.82) is 5.26 Å². The van der Waals surface area contributed by atoms with Crippen molar-refractivity contribution in [3.63, 3.8) is 0 Å². The lowest BCUT2D eigenvalue weighted by atomic mass is 10.0. The Kier molecular flexibility index (Phi) is 8.74. The van der Waals surface area contributed by atoms with Crippen molar-refractivity contribution in [1.82, 2.24) is 9.62 Å². The van der Waals surface area contributed by atoms with Gasteiger partial charge in [-0.2, -0.15) is 5.26 Å². The molecule has 1 aliphatic heterocycles. The Morgan fingerprint density at radius 2 is 1.86 bits per heavy atom. The average molecular weight is 511 g/mol. The number of rotatable bonds is 11. The molecule has 2 heterocycles. The molecule has 0 radical (unpaired) electrons. The van der Waals surface area contributed by atoms with E-state index in [2.05, 4.69) is 33.1 Å². The standard InChI is InChI=1S/C26H30N4O5S/c27-19-25(36(32,33)29-8-1-13-31)18-24-6-7-26(35-24)22-3-2-21-17-23(5-4-20(21)16-22)28-9-10-30-11-14-34-15-12-30/h2-7,16-18,28-29,31H,1,8-15H2/b25-18+. The van der Waals surface area contributed by atoms with Crippen LogP contribution in [-0.2, 0) is 14.8 Å². The fourth-order valence-corrected chi connectivity index (χ4v) is 4.90. The van der Waals surface area contributed by atoms with Gasteiger partial charge in [-0.3, -0.25) is 4.90 Å². The van der Waals surface area contributed by atoms with E-state index in [4.69, 9.17) is 14.3 Å². The van der Waals surface area contributed by atoms with Gasteiger partial charge in [-0.25, -0.2) is 13.1 Å². The number of allylic oxidation sites excluding steroid dienone is 1. The van der Waals surface area contributed by atoms with Crippen LogP contribution in [0.4, 0.5) is 5.69 Å². The molecular weight excluding hydrogens is 480 g/mol. The van der Waals surface area contributed by atoms with Crippen molar-refractivity contribution in [2.45, 2.75) is 6.42 Å². The number of sulfonamides is 1. The van der Waals surface area contributed by atoms with Crippen molar-refractivity contribution in [3.05, 3.63) is 59.2 Å². The van der Waals surface area contributed by atoms with Gasteiger partial charge in [0.1, 0.15) is 17.6 Å². The third-order valence-electron chi connectivity index (χ3n) is 5.91. The number of morpholine rings is 1. The van der Waals surface area contributed by atoms with Gasteiger partial charge in [-0.05, 0) is 47.5 Å². The minimum absolute atomic E-state index is 0.0451. The number of furan rings is 1. The summed E-state index contributed by atoms with van der Waals surface area (Å²) >= 11 is 0. The highest BCUT2D eigenvalue weighted by Crippen LogP contribution is 2.28. The van der Waals surface area contributed by atoms with Gasteiger partial charge in [-0.1, -0.05) is 18.2 Å². The van der Waals surface area contributed by atoms with Gasteiger partial charge < -0.3 is 19.6 Å². The molecule has 0 atom stereocenters. The van der Waals surface area contributed by atoms with Gasteiger partial charge in [0, 0.05) is 56.7 Å². The summed E-state index contributed by atoms with van der Waals surface area (Å²) in [4.78, 5) is 1.94. The predicted octanol–water partition coefficient (Wildman–Crippen LogP) is 3.01. The fraction of sp³-hybridized carbons (Fsp3) is 0.346. The summed E-state index contributed by atoms with van der Waals surface area (Å²) in [7, 11) is -3.98. The molecule has 1 fully saturated rings. The molecule has 2 aromatic carbocycles. The number of benzene rings is 2. The highest BCUT2D eigenvalue weighted by molar-refractivity contribution is 7.93. The van der Waals surface area contributed by atoms with E-state index in [1.165, 1.54) is 6.08 Å². The quantitative estimate of drug-likeness (QED) is 0.265. The molecule has 10 heteroatoms. The minimum Gasteiger partial charge on any atom is -0.457 e. The zero-order chi connectivity index (χ0) is 25.4. The molecular formula is C26H30N4O5S. The van der Waals surface area contributed by atoms with Crippen molar-refractivity contribution in [3.8, 4) is 17.4 Å². The molecule has 0 unspecified atom stereocenters. The van der Waals surface area contributed by atoms with Crippen LogP contribution in [0.5, 0.6) is 0 Å². The second-order valence-corrected chi connectivity index (χ2v) is 10.2. The number of aliphatic hydroxyl groups is 1. The maximum atomic E-state index is 12.3. The van der Waals surface area contributed by atoms with E-state index in [1.54, 1.807) is 18.2 Å². The zero-order valence-corrected chi connectivity index (χ0v) is 20.8. The predicted molar refractivity (Wildman–Crippen MR) is 140 cm³/mol. The maximum Gasteiger partial charge on any atom is 0.250 e. The van der Waals surface area contributed by atoms with Crippen molar-refractivity contribution < 1.29 is 22.7 Å². The lowest BCUT2D eigenvalue weighted by molar-refractivity contribution is 0.0398. The summed E-state index contributed by atoms with van der Waals surface area (Å²) < 4.78 is 38.1. The number of fused-ring (bicyclic) bond motifs is 1. The third kappa shape index (κ3) is 6.72. The molecule has 0 saturated carbocycles. The van der Waals surface area contributed by atoms with Crippen molar-refractivity contribution in [2.24, 2.45) is 0 Å². The monoisotopic (exact) mass is 510 g/mol. The fourth-order valence-electron chi connectivity index (χ4n) is 3.94. The maximum absolute atomic E-state index is 12.3. The van der Waals surface area contributed by atoms with Crippen molar-refractivity contribution in [2.75, 3.05) is 57.9 Å². The summed E-state index contributed by atoms with van der Waals surface area (Å²) in [6, 6.07) is 17.3. The zero-order valence-electron chi connectivity index (χ0n) is 19.9. The number of nitriles is 1. The first-order valence-corrected chi connectivity index (χ1v) is 13.4. The molecule has 3 aromatic rings. The Labute approximate surface area is 211 Å². The molecule has 0 spiro atoms. The van der Waals surface area contributed by atoms with Crippen LogP contribution in [0.15, 0.2) is 57.9 Å². The molecule has 0 amide bonds. The molecule has 1 aromatic heterocycles. The smallest absolute Gasteiger partial charge is 0.250 e. The lowest BCUT2D eigenvalue weighted by Crippen LogP contribution is -2.38. The number of anilines is 1. The van der Waals surface area contributed by atoms with Gasteiger partial charge in [0.05, 0.1) is 13.2 Å². The van der Waals surface area contributed by atoms with Gasteiger partial charge in [0.15, 0.2) is 4.91 Å². The number of aliphatic hydroxyl groups excluding tert-OH is 1. The molecule has 1 aliphatic rings. The van der Waals surface area contributed by atoms with E-state index in [-0.39, 0.29) is 25.3 Å². The largest absolute Gasteiger partial charge is 0.457 e. The molecule has 9 nitrogen and oxygen atoms in total. The van der Waals surface area contributed by atoms with Gasteiger partial charge in [0.2, 0.25) is 0 Å². The Hall–Kier alpha value is -3.20. The second-order valence-electron chi connectivity index (χ2n) is 8.45. The van der Waals surface area contributed by atoms with Crippen LogP contribution in [0.2, 0.25) is 0 Å². The Morgan fingerprint density at radius 1 is 1.08 bits per heavy atom. The molecule has 190 valence electrons. The Balaban J connectivity index is 1.43. The normalized spacial score (nSPS) is 15.2. The Bertz CT molecular complexity index is 1350. The van der Waals surface area contributed by atoms with Crippen molar-refractivity contribution >= 4 is 32.6 Å². The summed E-state index contributed by atoms with van der Waals surface area (Å²) in [5, 5.41) is 23.8. The first-order valence-electron chi connectivity index (χ1n) is 11.9. The highest BCUT2D eigenvalue weighted by Gasteiger charge is 2.18. The van der Waals surface area contributed by atoms with E-state index in [9.17, 15) is 13.7 Å². The number of hydrogen-bond donors (Lipinski definition) is 3. The lowest BCUT2D eigenvalue weighted by Gasteiger charge is -2.26. The topological polar surface area (TPSA) is 128 Å². The van der Waals surface area contributed by atoms with Gasteiger partial charge in [-0.15, -0.1) is 0 Å². The first-order chi connectivity index (χ1) is 17.5. The summed E-state index contributed by atoms with van der Waals surface area (Å²) in [5.74, 6) is 0.827. The molecule has 0 bridgehead atoms. The van der Waals surface area contributed by atoms with E-state index in [0.717, 1.165) is 61.4 Å². The SMILES string of the molecule is N#C/C(=C\c1ccc(-c2ccc3cc(NCCN4CCOCC4)ccc3c2)o1)S(=O)(=O)NCCCO. The first kappa shape index (κ1) is 25.9. The minimum atomic E-state index is -3.98. The molecule has 0 aliphatic carbocycles. The number of nitrogens with one attached hydrogen (secondary N) is 2.